The second kappa shape index (κ2) is 5.85. The molecule has 2 heterocycles. The molecule has 4 rings (SSSR count). The van der Waals surface area contributed by atoms with E-state index >= 15 is 0 Å². The smallest absolute Gasteiger partial charge is 0.218 e. The first-order chi connectivity index (χ1) is 13.1. The van der Waals surface area contributed by atoms with Gasteiger partial charge in [-0.2, -0.15) is 15.8 Å². The Morgan fingerprint density at radius 3 is 2.44 bits per heavy atom. The minimum absolute atomic E-state index is 0.344. The molecule has 3 fully saturated rings. The molecule has 6 heteroatoms. The van der Waals surface area contributed by atoms with Crippen molar-refractivity contribution < 1.29 is 9.47 Å². The van der Waals surface area contributed by atoms with Crippen LogP contribution in [-0.4, -0.2) is 17.8 Å². The van der Waals surface area contributed by atoms with E-state index in [-0.39, 0.29) is 5.90 Å². The fourth-order valence-electron chi connectivity index (χ4n) is 4.65. The lowest BCUT2D eigenvalue weighted by Crippen LogP contribution is -2.63. The van der Waals surface area contributed by atoms with Crippen molar-refractivity contribution in [2.75, 3.05) is 0 Å². The molecule has 4 atom stereocenters. The summed E-state index contributed by atoms with van der Waals surface area (Å²) in [5.41, 5.74) is -2.89. The summed E-state index contributed by atoms with van der Waals surface area (Å²) in [4.78, 5) is 0. The van der Waals surface area contributed by atoms with Crippen LogP contribution in [0.5, 0.6) is 0 Å². The highest BCUT2D eigenvalue weighted by Crippen LogP contribution is 2.66. The van der Waals surface area contributed by atoms with Crippen LogP contribution in [0.3, 0.4) is 0 Å². The molecule has 0 spiro atoms. The van der Waals surface area contributed by atoms with Gasteiger partial charge >= 0.3 is 0 Å². The van der Waals surface area contributed by atoms with Gasteiger partial charge < -0.3 is 9.47 Å². The van der Waals surface area contributed by atoms with Gasteiger partial charge in [0.15, 0.2) is 11.5 Å². The van der Waals surface area contributed by atoms with E-state index in [1.54, 1.807) is 0 Å². The van der Waals surface area contributed by atoms with Crippen LogP contribution in [-0.2, 0) is 9.47 Å². The van der Waals surface area contributed by atoms with Crippen molar-refractivity contribution in [3.63, 3.8) is 0 Å². The van der Waals surface area contributed by atoms with E-state index in [4.69, 9.17) is 14.9 Å². The van der Waals surface area contributed by atoms with Crippen molar-refractivity contribution in [3.05, 3.63) is 35.9 Å². The zero-order chi connectivity index (χ0) is 19.1. The average molecular weight is 356 g/mol. The number of nitrogens with one attached hydrogen (secondary N) is 1. The SMILES string of the molecule is N#CC1(C#N)C(C#Cc2ccccc2)OC23CCCCC2C1(C#N)C(=N)O3. The Morgan fingerprint density at radius 2 is 1.78 bits per heavy atom. The monoisotopic (exact) mass is 356 g/mol. The molecule has 0 aromatic heterocycles. The van der Waals surface area contributed by atoms with Crippen LogP contribution < -0.4 is 0 Å². The van der Waals surface area contributed by atoms with Gasteiger partial charge in [0.05, 0.1) is 24.1 Å². The van der Waals surface area contributed by atoms with Crippen LogP contribution in [0.4, 0.5) is 0 Å². The molecule has 0 amide bonds. The van der Waals surface area contributed by atoms with Crippen LogP contribution in [0.15, 0.2) is 30.3 Å². The van der Waals surface area contributed by atoms with Gasteiger partial charge in [0.25, 0.3) is 0 Å². The van der Waals surface area contributed by atoms with Gasteiger partial charge in [-0.25, -0.2) is 0 Å². The third-order valence-electron chi connectivity index (χ3n) is 5.94. The molecular formula is C21H16N4O2. The van der Waals surface area contributed by atoms with Crippen molar-refractivity contribution in [2.45, 2.75) is 37.6 Å². The van der Waals surface area contributed by atoms with Gasteiger partial charge in [-0.05, 0) is 25.0 Å². The molecule has 2 bridgehead atoms. The van der Waals surface area contributed by atoms with Crippen LogP contribution in [0.25, 0.3) is 0 Å². The molecule has 6 nitrogen and oxygen atoms in total. The van der Waals surface area contributed by atoms with Crippen LogP contribution >= 0.6 is 0 Å². The normalized spacial score (nSPS) is 35.2. The van der Waals surface area contributed by atoms with Crippen LogP contribution in [0.2, 0.25) is 0 Å². The molecule has 1 aromatic carbocycles. The summed E-state index contributed by atoms with van der Waals surface area (Å²) in [5, 5.41) is 38.5. The Hall–Kier alpha value is -3.32. The molecule has 4 unspecified atom stereocenters. The third kappa shape index (κ3) is 2.00. The van der Waals surface area contributed by atoms with Crippen molar-refractivity contribution in [2.24, 2.45) is 16.7 Å². The van der Waals surface area contributed by atoms with Gasteiger partial charge in [-0.1, -0.05) is 36.5 Å². The van der Waals surface area contributed by atoms with Gasteiger partial charge in [0.2, 0.25) is 17.1 Å². The molecule has 2 saturated heterocycles. The third-order valence-corrected chi connectivity index (χ3v) is 5.94. The maximum atomic E-state index is 10.1. The first-order valence-corrected chi connectivity index (χ1v) is 8.85. The molecule has 1 aromatic rings. The van der Waals surface area contributed by atoms with E-state index in [2.05, 4.69) is 17.9 Å². The van der Waals surface area contributed by atoms with Crippen molar-refractivity contribution in [1.29, 1.82) is 21.2 Å². The second-order valence-electron chi connectivity index (χ2n) is 7.13. The number of hydrogen-bond acceptors (Lipinski definition) is 6. The first-order valence-electron chi connectivity index (χ1n) is 8.85. The average Bonchev–Trinajstić information content (AvgIpc) is 2.92. The van der Waals surface area contributed by atoms with Crippen LogP contribution in [0.1, 0.15) is 31.2 Å². The highest BCUT2D eigenvalue weighted by molar-refractivity contribution is 5.89. The maximum absolute atomic E-state index is 10.1. The number of nitriles is 3. The Bertz CT molecular complexity index is 973. The molecule has 1 aliphatic carbocycles. The Morgan fingerprint density at radius 1 is 1.04 bits per heavy atom. The number of rotatable bonds is 0. The standard InChI is InChI=1S/C21H16N4O2/c22-12-19(13-23)17(10-9-15-6-2-1-3-7-15)26-21-11-5-4-8-16(21)20(19,14-24)18(25)27-21/h1-3,6-7,16-17,25H,4-5,8,11H2. The number of hydrogen-bond donors (Lipinski definition) is 1. The minimum Gasteiger partial charge on any atom is -0.447 e. The quantitative estimate of drug-likeness (QED) is 0.718. The van der Waals surface area contributed by atoms with Gasteiger partial charge in [0, 0.05) is 12.0 Å². The summed E-state index contributed by atoms with van der Waals surface area (Å²) < 4.78 is 11.9. The predicted molar refractivity (Wildman–Crippen MR) is 93.4 cm³/mol. The topological polar surface area (TPSA) is 114 Å². The van der Waals surface area contributed by atoms with Crippen molar-refractivity contribution in [3.8, 4) is 30.0 Å². The number of nitrogens with zero attached hydrogens (tertiary/aromatic N) is 3. The highest BCUT2D eigenvalue weighted by atomic mass is 16.7. The highest BCUT2D eigenvalue weighted by Gasteiger charge is 2.80. The first kappa shape index (κ1) is 17.1. The zero-order valence-electron chi connectivity index (χ0n) is 14.5. The summed E-state index contributed by atoms with van der Waals surface area (Å²) in [6.07, 6.45) is 1.60. The lowest BCUT2D eigenvalue weighted by atomic mass is 9.52. The van der Waals surface area contributed by atoms with E-state index < -0.39 is 28.6 Å². The molecule has 1 N–H and O–H groups in total. The summed E-state index contributed by atoms with van der Waals surface area (Å²) in [7, 11) is 0. The summed E-state index contributed by atoms with van der Waals surface area (Å²) >= 11 is 0. The fraction of sp³-hybridized carbons (Fsp3) is 0.429. The summed E-state index contributed by atoms with van der Waals surface area (Å²) in [5.74, 6) is 3.82. The molecule has 3 aliphatic rings. The van der Waals surface area contributed by atoms with Crippen molar-refractivity contribution in [1.82, 2.24) is 0 Å². The summed E-state index contributed by atoms with van der Waals surface area (Å²) in [6, 6.07) is 15.3. The van der Waals surface area contributed by atoms with E-state index in [1.165, 1.54) is 0 Å². The van der Waals surface area contributed by atoms with E-state index in [0.717, 1.165) is 12.8 Å². The van der Waals surface area contributed by atoms with E-state index in [1.807, 2.05) is 42.5 Å². The van der Waals surface area contributed by atoms with E-state index in [0.29, 0.717) is 18.4 Å². The van der Waals surface area contributed by atoms with Gasteiger partial charge in [-0.3, -0.25) is 5.41 Å². The lowest BCUT2D eigenvalue weighted by Gasteiger charge is -2.50. The molecular weight excluding hydrogens is 340 g/mol. The minimum atomic E-state index is -1.93. The zero-order valence-corrected chi connectivity index (χ0v) is 14.5. The summed E-state index contributed by atoms with van der Waals surface area (Å²) in [6.45, 7) is 0. The van der Waals surface area contributed by atoms with E-state index in [9.17, 15) is 15.8 Å². The molecule has 2 aliphatic heterocycles. The van der Waals surface area contributed by atoms with Gasteiger partial charge in [0.1, 0.15) is 0 Å². The molecule has 132 valence electrons. The lowest BCUT2D eigenvalue weighted by molar-refractivity contribution is -0.278. The fourth-order valence-corrected chi connectivity index (χ4v) is 4.65. The number of ether oxygens (including phenoxy) is 2. The van der Waals surface area contributed by atoms with Crippen LogP contribution in [0, 0.1) is 68.0 Å². The molecule has 0 radical (unpaired) electrons. The predicted octanol–water partition coefficient (Wildman–Crippen LogP) is 2.87. The Kier molecular flexibility index (Phi) is 3.71. The van der Waals surface area contributed by atoms with Crippen molar-refractivity contribution >= 4 is 5.90 Å². The number of benzene rings is 1. The maximum Gasteiger partial charge on any atom is 0.218 e. The Balaban J connectivity index is 1.90. The molecule has 27 heavy (non-hydrogen) atoms. The second-order valence-corrected chi connectivity index (χ2v) is 7.13. The van der Waals surface area contributed by atoms with Gasteiger partial charge in [-0.15, -0.1) is 0 Å². The largest absolute Gasteiger partial charge is 0.447 e. The molecule has 1 saturated carbocycles. The Labute approximate surface area is 157 Å².